The van der Waals surface area contributed by atoms with Gasteiger partial charge in [0, 0.05) is 5.56 Å². The van der Waals surface area contributed by atoms with Crippen LogP contribution in [0.25, 0.3) is 0 Å². The number of nitrogens with zero attached hydrogens (tertiary/aromatic N) is 1. The molecule has 0 unspecified atom stereocenters. The summed E-state index contributed by atoms with van der Waals surface area (Å²) in [6, 6.07) is 17.7. The molecule has 0 bridgehead atoms. The third kappa shape index (κ3) is 3.52. The van der Waals surface area contributed by atoms with E-state index in [4.69, 9.17) is 14.7 Å². The zero-order valence-corrected chi connectivity index (χ0v) is 11.5. The van der Waals surface area contributed by atoms with Crippen molar-refractivity contribution in [2.75, 3.05) is 6.61 Å². The van der Waals surface area contributed by atoms with Gasteiger partial charge in [-0.05, 0) is 18.6 Å². The van der Waals surface area contributed by atoms with E-state index in [-0.39, 0.29) is 0 Å². The summed E-state index contributed by atoms with van der Waals surface area (Å²) < 4.78 is 11.5. The fraction of sp³-hybridized carbons (Fsp3) is 0.235. The molecule has 0 aliphatic heterocycles. The molecule has 3 heteroatoms. The van der Waals surface area contributed by atoms with Crippen molar-refractivity contribution in [2.24, 2.45) is 0 Å². The van der Waals surface area contributed by atoms with Crippen LogP contribution in [-0.4, -0.2) is 6.61 Å². The van der Waals surface area contributed by atoms with Gasteiger partial charge in [-0.15, -0.1) is 0 Å². The third-order valence-corrected chi connectivity index (χ3v) is 2.86. The van der Waals surface area contributed by atoms with E-state index in [1.54, 1.807) is 0 Å². The first-order valence-electron chi connectivity index (χ1n) is 6.63. The normalized spacial score (nSPS) is 9.80. The van der Waals surface area contributed by atoms with E-state index in [2.05, 4.69) is 6.07 Å². The van der Waals surface area contributed by atoms with Crippen molar-refractivity contribution in [1.29, 1.82) is 5.26 Å². The zero-order valence-electron chi connectivity index (χ0n) is 11.5. The molecule has 0 fully saturated rings. The highest BCUT2D eigenvalue weighted by Crippen LogP contribution is 2.32. The maximum absolute atomic E-state index is 8.90. The van der Waals surface area contributed by atoms with Crippen LogP contribution in [0.3, 0.4) is 0 Å². The van der Waals surface area contributed by atoms with E-state index < -0.39 is 0 Å². The van der Waals surface area contributed by atoms with Gasteiger partial charge in [-0.25, -0.2) is 0 Å². The Hall–Kier alpha value is -2.47. The van der Waals surface area contributed by atoms with E-state index in [0.717, 1.165) is 11.1 Å². The zero-order chi connectivity index (χ0) is 14.2. The van der Waals surface area contributed by atoms with Crippen molar-refractivity contribution in [3.05, 3.63) is 59.7 Å². The second-order valence-electron chi connectivity index (χ2n) is 4.29. The molecular formula is C17H17NO2. The van der Waals surface area contributed by atoms with E-state index in [0.29, 0.717) is 31.1 Å². The molecule has 0 spiro atoms. The van der Waals surface area contributed by atoms with Crippen LogP contribution in [0.1, 0.15) is 18.1 Å². The van der Waals surface area contributed by atoms with Gasteiger partial charge in [0.2, 0.25) is 0 Å². The number of hydrogen-bond donors (Lipinski definition) is 0. The molecule has 0 radical (unpaired) electrons. The lowest BCUT2D eigenvalue weighted by Crippen LogP contribution is -2.02. The lowest BCUT2D eigenvalue weighted by molar-refractivity contribution is 0.267. The summed E-state index contributed by atoms with van der Waals surface area (Å²) in [5.41, 5.74) is 1.94. The number of para-hydroxylation sites is 1. The summed E-state index contributed by atoms with van der Waals surface area (Å²) in [5, 5.41) is 8.90. The van der Waals surface area contributed by atoms with E-state index in [1.807, 2.05) is 55.5 Å². The Bertz CT molecular complexity index is 588. The van der Waals surface area contributed by atoms with Crippen molar-refractivity contribution in [1.82, 2.24) is 0 Å². The second kappa shape index (κ2) is 7.20. The summed E-state index contributed by atoms with van der Waals surface area (Å²) in [5.74, 6) is 1.36. The van der Waals surface area contributed by atoms with Crippen LogP contribution in [0.5, 0.6) is 11.5 Å². The topological polar surface area (TPSA) is 42.2 Å². The number of ether oxygens (including phenoxy) is 2. The first-order chi connectivity index (χ1) is 9.85. The summed E-state index contributed by atoms with van der Waals surface area (Å²) in [4.78, 5) is 0. The molecule has 3 nitrogen and oxygen atoms in total. The molecular weight excluding hydrogens is 250 g/mol. The van der Waals surface area contributed by atoms with Crippen LogP contribution in [0.4, 0.5) is 0 Å². The van der Waals surface area contributed by atoms with Crippen LogP contribution in [0, 0.1) is 11.3 Å². The highest BCUT2D eigenvalue weighted by molar-refractivity contribution is 5.47. The molecule has 0 aliphatic carbocycles. The van der Waals surface area contributed by atoms with Crippen LogP contribution in [0.15, 0.2) is 48.5 Å². The van der Waals surface area contributed by atoms with E-state index in [1.165, 1.54) is 0 Å². The van der Waals surface area contributed by atoms with Gasteiger partial charge in [0.25, 0.3) is 0 Å². The summed E-state index contributed by atoms with van der Waals surface area (Å²) >= 11 is 0. The van der Waals surface area contributed by atoms with Crippen LogP contribution in [-0.2, 0) is 13.0 Å². The standard InChI is InChI=1S/C17H17NO2/c1-2-19-16-10-6-9-15(11-12-18)17(16)20-13-14-7-4-3-5-8-14/h3-10H,2,11,13H2,1H3. The van der Waals surface area contributed by atoms with Gasteiger partial charge in [0.1, 0.15) is 6.61 Å². The molecule has 2 aromatic carbocycles. The summed E-state index contributed by atoms with van der Waals surface area (Å²) in [7, 11) is 0. The number of nitriles is 1. The molecule has 0 amide bonds. The molecule has 0 aromatic heterocycles. The van der Waals surface area contributed by atoms with Crippen molar-refractivity contribution >= 4 is 0 Å². The fourth-order valence-electron chi connectivity index (χ4n) is 1.95. The van der Waals surface area contributed by atoms with Crippen LogP contribution in [0.2, 0.25) is 0 Å². The maximum Gasteiger partial charge on any atom is 0.165 e. The van der Waals surface area contributed by atoms with Gasteiger partial charge in [-0.3, -0.25) is 0 Å². The lowest BCUT2D eigenvalue weighted by Gasteiger charge is -2.14. The molecule has 0 atom stereocenters. The third-order valence-electron chi connectivity index (χ3n) is 2.86. The average molecular weight is 267 g/mol. The molecule has 0 N–H and O–H groups in total. The molecule has 0 heterocycles. The Kier molecular flexibility index (Phi) is 5.02. The Morgan fingerprint density at radius 3 is 2.50 bits per heavy atom. The van der Waals surface area contributed by atoms with Gasteiger partial charge in [-0.2, -0.15) is 5.26 Å². The minimum Gasteiger partial charge on any atom is -0.490 e. The first-order valence-corrected chi connectivity index (χ1v) is 6.63. The SMILES string of the molecule is CCOc1cccc(CC#N)c1OCc1ccccc1. The minimum absolute atomic E-state index is 0.311. The lowest BCUT2D eigenvalue weighted by atomic mass is 10.1. The van der Waals surface area contributed by atoms with Gasteiger partial charge in [0.05, 0.1) is 19.1 Å². The van der Waals surface area contributed by atoms with Crippen LogP contribution >= 0.6 is 0 Å². The smallest absolute Gasteiger partial charge is 0.165 e. The molecule has 102 valence electrons. The van der Waals surface area contributed by atoms with E-state index >= 15 is 0 Å². The molecule has 2 aromatic rings. The average Bonchev–Trinajstić information content (AvgIpc) is 2.48. The Labute approximate surface area is 119 Å². The quantitative estimate of drug-likeness (QED) is 0.800. The second-order valence-corrected chi connectivity index (χ2v) is 4.29. The molecule has 20 heavy (non-hydrogen) atoms. The predicted octanol–water partition coefficient (Wildman–Crippen LogP) is 3.73. The monoisotopic (exact) mass is 267 g/mol. The summed E-state index contributed by atoms with van der Waals surface area (Å²) in [6.07, 6.45) is 0.311. The molecule has 0 saturated heterocycles. The van der Waals surface area contributed by atoms with Crippen LogP contribution < -0.4 is 9.47 Å². The Morgan fingerprint density at radius 1 is 1.00 bits per heavy atom. The van der Waals surface area contributed by atoms with Crippen molar-refractivity contribution < 1.29 is 9.47 Å². The van der Waals surface area contributed by atoms with Crippen molar-refractivity contribution in [3.63, 3.8) is 0 Å². The van der Waals surface area contributed by atoms with E-state index in [9.17, 15) is 0 Å². The minimum atomic E-state index is 0.311. The molecule has 2 rings (SSSR count). The Balaban J connectivity index is 2.21. The maximum atomic E-state index is 8.90. The van der Waals surface area contributed by atoms with Gasteiger partial charge in [0.15, 0.2) is 11.5 Å². The van der Waals surface area contributed by atoms with Gasteiger partial charge >= 0.3 is 0 Å². The number of benzene rings is 2. The Morgan fingerprint density at radius 2 is 1.80 bits per heavy atom. The van der Waals surface area contributed by atoms with Gasteiger partial charge in [-0.1, -0.05) is 42.5 Å². The fourth-order valence-corrected chi connectivity index (χ4v) is 1.95. The predicted molar refractivity (Wildman–Crippen MR) is 77.7 cm³/mol. The molecule has 0 aliphatic rings. The number of rotatable bonds is 6. The highest BCUT2D eigenvalue weighted by atomic mass is 16.5. The number of hydrogen-bond acceptors (Lipinski definition) is 3. The first kappa shape index (κ1) is 14.0. The van der Waals surface area contributed by atoms with Gasteiger partial charge < -0.3 is 9.47 Å². The largest absolute Gasteiger partial charge is 0.490 e. The summed E-state index contributed by atoms with van der Waals surface area (Å²) in [6.45, 7) is 2.96. The highest BCUT2D eigenvalue weighted by Gasteiger charge is 2.11. The molecule has 0 saturated carbocycles. The van der Waals surface area contributed by atoms with Crippen molar-refractivity contribution in [3.8, 4) is 17.6 Å². The van der Waals surface area contributed by atoms with Crippen molar-refractivity contribution in [2.45, 2.75) is 20.0 Å².